The van der Waals surface area contributed by atoms with Crippen molar-refractivity contribution in [1.29, 1.82) is 0 Å². The van der Waals surface area contributed by atoms with Crippen LogP contribution >= 0.6 is 0 Å². The van der Waals surface area contributed by atoms with Crippen LogP contribution in [0.25, 0.3) is 11.0 Å². The first-order valence-electron chi connectivity index (χ1n) is 6.95. The van der Waals surface area contributed by atoms with Gasteiger partial charge in [0.15, 0.2) is 0 Å². The molecule has 0 aliphatic carbocycles. The first kappa shape index (κ1) is 14.6. The van der Waals surface area contributed by atoms with E-state index in [9.17, 15) is 4.79 Å². The number of furan rings is 1. The Morgan fingerprint density at radius 1 is 1.25 bits per heavy atom. The number of rotatable bonds is 5. The van der Waals surface area contributed by atoms with Gasteiger partial charge in [0.2, 0.25) is 5.91 Å². The molecule has 0 saturated carbocycles. The Hall–Kier alpha value is -1.81. The van der Waals surface area contributed by atoms with Crippen LogP contribution in [0.3, 0.4) is 0 Å². The van der Waals surface area contributed by atoms with Crippen LogP contribution in [0.4, 0.5) is 0 Å². The molecule has 0 fully saturated rings. The number of hydrogen-bond acceptors (Lipinski definition) is 3. The van der Waals surface area contributed by atoms with E-state index in [-0.39, 0.29) is 23.9 Å². The van der Waals surface area contributed by atoms with Crippen molar-refractivity contribution < 1.29 is 9.21 Å². The van der Waals surface area contributed by atoms with E-state index in [0.717, 1.165) is 22.3 Å². The van der Waals surface area contributed by atoms with Crippen LogP contribution in [0.5, 0.6) is 0 Å². The molecule has 0 aliphatic rings. The van der Waals surface area contributed by atoms with Crippen molar-refractivity contribution in [2.75, 3.05) is 0 Å². The molecule has 4 nitrogen and oxygen atoms in total. The smallest absolute Gasteiger partial charge is 0.234 e. The number of fused-ring (bicyclic) bond motifs is 1. The Labute approximate surface area is 119 Å². The van der Waals surface area contributed by atoms with Gasteiger partial charge in [0.05, 0.1) is 12.1 Å². The molecule has 1 amide bonds. The third kappa shape index (κ3) is 2.70. The molecule has 20 heavy (non-hydrogen) atoms. The van der Waals surface area contributed by atoms with Crippen molar-refractivity contribution >= 4 is 16.9 Å². The summed E-state index contributed by atoms with van der Waals surface area (Å²) in [5.41, 5.74) is 7.42. The average Bonchev–Trinajstić information content (AvgIpc) is 2.73. The van der Waals surface area contributed by atoms with Crippen LogP contribution in [0.15, 0.2) is 28.7 Å². The summed E-state index contributed by atoms with van der Waals surface area (Å²) in [6.45, 7) is 7.97. The fraction of sp³-hybridized carbons (Fsp3) is 0.438. The highest BCUT2D eigenvalue weighted by molar-refractivity contribution is 5.82. The van der Waals surface area contributed by atoms with E-state index in [1.54, 1.807) is 0 Å². The largest absolute Gasteiger partial charge is 0.459 e. The van der Waals surface area contributed by atoms with Crippen LogP contribution in [-0.4, -0.2) is 11.9 Å². The van der Waals surface area contributed by atoms with Crippen molar-refractivity contribution in [3.63, 3.8) is 0 Å². The summed E-state index contributed by atoms with van der Waals surface area (Å²) >= 11 is 0. The van der Waals surface area contributed by atoms with Gasteiger partial charge in [0, 0.05) is 5.39 Å². The topological polar surface area (TPSA) is 68.3 Å². The zero-order chi connectivity index (χ0) is 14.9. The van der Waals surface area contributed by atoms with E-state index in [2.05, 4.69) is 5.32 Å². The number of carbonyl (C=O) groups excluding carboxylic acids is 1. The van der Waals surface area contributed by atoms with Gasteiger partial charge >= 0.3 is 0 Å². The molecule has 4 heteroatoms. The Morgan fingerprint density at radius 2 is 1.90 bits per heavy atom. The first-order valence-corrected chi connectivity index (χ1v) is 6.95. The van der Waals surface area contributed by atoms with Crippen molar-refractivity contribution in [3.8, 4) is 0 Å². The van der Waals surface area contributed by atoms with E-state index >= 15 is 0 Å². The van der Waals surface area contributed by atoms with Gasteiger partial charge in [-0.1, -0.05) is 32.0 Å². The van der Waals surface area contributed by atoms with E-state index in [0.29, 0.717) is 0 Å². The minimum Gasteiger partial charge on any atom is -0.459 e. The van der Waals surface area contributed by atoms with Crippen LogP contribution < -0.4 is 11.1 Å². The predicted octanol–water partition coefficient (Wildman–Crippen LogP) is 2.90. The van der Waals surface area contributed by atoms with Crippen molar-refractivity contribution in [3.05, 3.63) is 35.6 Å². The maximum Gasteiger partial charge on any atom is 0.234 e. The molecule has 0 spiro atoms. The Morgan fingerprint density at radius 3 is 2.45 bits per heavy atom. The quantitative estimate of drug-likeness (QED) is 0.881. The molecule has 108 valence electrons. The van der Waals surface area contributed by atoms with Gasteiger partial charge in [-0.2, -0.15) is 0 Å². The SMILES string of the molecule is Cc1c(C(C)NC(C(N)=O)C(C)C)oc2ccccc12. The zero-order valence-corrected chi connectivity index (χ0v) is 12.4. The predicted molar refractivity (Wildman–Crippen MR) is 80.3 cm³/mol. The van der Waals surface area contributed by atoms with Crippen LogP contribution in [0, 0.1) is 12.8 Å². The zero-order valence-electron chi connectivity index (χ0n) is 12.4. The monoisotopic (exact) mass is 274 g/mol. The number of para-hydroxylation sites is 1. The van der Waals surface area contributed by atoms with E-state index in [1.807, 2.05) is 52.0 Å². The number of primary amides is 1. The fourth-order valence-corrected chi connectivity index (χ4v) is 2.55. The van der Waals surface area contributed by atoms with Gasteiger partial charge in [-0.05, 0) is 31.4 Å². The molecule has 3 N–H and O–H groups in total. The molecule has 0 bridgehead atoms. The van der Waals surface area contributed by atoms with Gasteiger partial charge in [0.25, 0.3) is 0 Å². The minimum atomic E-state index is -0.363. The molecule has 2 unspecified atom stereocenters. The van der Waals surface area contributed by atoms with Gasteiger partial charge in [-0.25, -0.2) is 0 Å². The summed E-state index contributed by atoms with van der Waals surface area (Å²) in [4.78, 5) is 11.5. The number of hydrogen-bond donors (Lipinski definition) is 2. The lowest BCUT2D eigenvalue weighted by Gasteiger charge is -2.23. The lowest BCUT2D eigenvalue weighted by atomic mass is 10.0. The number of nitrogens with one attached hydrogen (secondary N) is 1. The maximum atomic E-state index is 11.5. The lowest BCUT2D eigenvalue weighted by Crippen LogP contribution is -2.45. The highest BCUT2D eigenvalue weighted by atomic mass is 16.3. The van der Waals surface area contributed by atoms with Gasteiger partial charge in [0.1, 0.15) is 11.3 Å². The third-order valence-electron chi connectivity index (χ3n) is 3.68. The Balaban J connectivity index is 2.29. The fourth-order valence-electron chi connectivity index (χ4n) is 2.55. The summed E-state index contributed by atoms with van der Waals surface area (Å²) in [7, 11) is 0. The summed E-state index contributed by atoms with van der Waals surface area (Å²) in [5.74, 6) is 0.665. The van der Waals surface area contributed by atoms with Crippen molar-refractivity contribution in [2.45, 2.75) is 39.8 Å². The molecule has 0 aliphatic heterocycles. The first-order chi connectivity index (χ1) is 9.41. The second-order valence-electron chi connectivity index (χ2n) is 5.60. The molecule has 2 rings (SSSR count). The highest BCUT2D eigenvalue weighted by Crippen LogP contribution is 2.29. The lowest BCUT2D eigenvalue weighted by molar-refractivity contribution is -0.121. The molecule has 2 aromatic rings. The molecule has 0 saturated heterocycles. The Bertz CT molecular complexity index is 616. The van der Waals surface area contributed by atoms with Crippen LogP contribution in [-0.2, 0) is 4.79 Å². The van der Waals surface area contributed by atoms with Crippen LogP contribution in [0.1, 0.15) is 38.1 Å². The third-order valence-corrected chi connectivity index (χ3v) is 3.68. The molecule has 2 atom stereocenters. The van der Waals surface area contributed by atoms with Gasteiger partial charge in [-0.15, -0.1) is 0 Å². The average molecular weight is 274 g/mol. The van der Waals surface area contributed by atoms with Gasteiger partial charge < -0.3 is 10.2 Å². The number of carbonyl (C=O) groups is 1. The second-order valence-corrected chi connectivity index (χ2v) is 5.60. The van der Waals surface area contributed by atoms with E-state index in [4.69, 9.17) is 10.2 Å². The van der Waals surface area contributed by atoms with Crippen LogP contribution in [0.2, 0.25) is 0 Å². The number of aryl methyl sites for hydroxylation is 1. The standard InChI is InChI=1S/C16H22N2O2/c1-9(2)14(16(17)19)18-11(4)15-10(3)12-7-5-6-8-13(12)20-15/h5-9,11,14,18H,1-4H3,(H2,17,19). The molecule has 1 heterocycles. The number of nitrogens with two attached hydrogens (primary N) is 1. The maximum absolute atomic E-state index is 11.5. The second kappa shape index (κ2) is 5.67. The van der Waals surface area contributed by atoms with Gasteiger partial charge in [-0.3, -0.25) is 10.1 Å². The summed E-state index contributed by atoms with van der Waals surface area (Å²) < 4.78 is 5.91. The number of amides is 1. The molecular weight excluding hydrogens is 252 g/mol. The molecular formula is C16H22N2O2. The van der Waals surface area contributed by atoms with Crippen molar-refractivity contribution in [2.24, 2.45) is 11.7 Å². The Kier molecular flexibility index (Phi) is 4.14. The van der Waals surface area contributed by atoms with E-state index in [1.165, 1.54) is 0 Å². The number of benzene rings is 1. The van der Waals surface area contributed by atoms with Crippen molar-refractivity contribution in [1.82, 2.24) is 5.32 Å². The normalized spacial score (nSPS) is 14.7. The highest BCUT2D eigenvalue weighted by Gasteiger charge is 2.24. The molecule has 1 aromatic carbocycles. The molecule has 1 aromatic heterocycles. The summed E-state index contributed by atoms with van der Waals surface area (Å²) in [6, 6.07) is 7.51. The molecule has 0 radical (unpaired) electrons. The minimum absolute atomic E-state index is 0.0673. The summed E-state index contributed by atoms with van der Waals surface area (Å²) in [6.07, 6.45) is 0. The van der Waals surface area contributed by atoms with E-state index < -0.39 is 0 Å². The summed E-state index contributed by atoms with van der Waals surface area (Å²) in [5, 5.41) is 4.37.